The van der Waals surface area contributed by atoms with Crippen molar-refractivity contribution in [1.29, 1.82) is 0 Å². The Morgan fingerprint density at radius 2 is 2.17 bits per heavy atom. The minimum absolute atomic E-state index is 0. The van der Waals surface area contributed by atoms with Gasteiger partial charge in [-0.3, -0.25) is 9.10 Å². The highest BCUT2D eigenvalue weighted by Crippen LogP contribution is 2.30. The van der Waals surface area contributed by atoms with Gasteiger partial charge in [0, 0.05) is 24.7 Å². The number of carbonyl (C=O) groups excluding carboxylic acids is 1. The van der Waals surface area contributed by atoms with Crippen LogP contribution in [-0.4, -0.2) is 46.3 Å². The molecule has 6 nitrogen and oxygen atoms in total. The van der Waals surface area contributed by atoms with Crippen LogP contribution < -0.4 is 14.9 Å². The number of hydrogen-bond acceptors (Lipinski definition) is 4. The summed E-state index contributed by atoms with van der Waals surface area (Å²) in [6.45, 7) is 2.26. The van der Waals surface area contributed by atoms with E-state index in [2.05, 4.69) is 10.6 Å². The number of anilines is 1. The van der Waals surface area contributed by atoms with Crippen LogP contribution in [0.1, 0.15) is 28.8 Å². The van der Waals surface area contributed by atoms with Crippen LogP contribution >= 0.6 is 12.4 Å². The lowest BCUT2D eigenvalue weighted by molar-refractivity contribution is 0.0930. The fourth-order valence-electron chi connectivity index (χ4n) is 3.10. The van der Waals surface area contributed by atoms with Crippen molar-refractivity contribution in [2.24, 2.45) is 0 Å². The van der Waals surface area contributed by atoms with Gasteiger partial charge in [0.05, 0.1) is 11.9 Å². The number of nitrogens with zero attached hydrogens (tertiary/aromatic N) is 1. The molecule has 0 unspecified atom stereocenters. The molecule has 1 aromatic carbocycles. The van der Waals surface area contributed by atoms with Gasteiger partial charge in [-0.1, -0.05) is 0 Å². The maximum Gasteiger partial charge on any atom is 0.251 e. The Labute approximate surface area is 143 Å². The van der Waals surface area contributed by atoms with E-state index in [1.54, 1.807) is 12.1 Å². The van der Waals surface area contributed by atoms with Gasteiger partial charge in [0.15, 0.2) is 0 Å². The van der Waals surface area contributed by atoms with Gasteiger partial charge >= 0.3 is 0 Å². The van der Waals surface area contributed by atoms with Gasteiger partial charge in [0.2, 0.25) is 10.0 Å². The fraction of sp³-hybridized carbons (Fsp3) is 0.533. The summed E-state index contributed by atoms with van der Waals surface area (Å²) in [5, 5.41) is 6.30. The molecule has 0 spiro atoms. The Morgan fingerprint density at radius 1 is 1.39 bits per heavy atom. The van der Waals surface area contributed by atoms with E-state index in [-0.39, 0.29) is 24.4 Å². The van der Waals surface area contributed by atoms with E-state index in [0.717, 1.165) is 31.5 Å². The van der Waals surface area contributed by atoms with Crippen molar-refractivity contribution < 1.29 is 13.2 Å². The molecule has 128 valence electrons. The molecule has 2 aliphatic heterocycles. The highest BCUT2D eigenvalue weighted by Gasteiger charge is 2.27. The van der Waals surface area contributed by atoms with Crippen molar-refractivity contribution in [1.82, 2.24) is 10.6 Å². The van der Waals surface area contributed by atoms with Gasteiger partial charge in [-0.25, -0.2) is 8.42 Å². The molecule has 2 heterocycles. The second-order valence-corrected chi connectivity index (χ2v) is 7.85. The van der Waals surface area contributed by atoms with E-state index in [1.165, 1.54) is 10.6 Å². The number of benzene rings is 1. The summed E-state index contributed by atoms with van der Waals surface area (Å²) in [6.07, 6.45) is 3.91. The molecule has 2 aliphatic rings. The number of rotatable bonds is 3. The molecular weight excluding hydrogens is 338 g/mol. The van der Waals surface area contributed by atoms with Crippen LogP contribution in [0.15, 0.2) is 18.2 Å². The molecule has 1 saturated heterocycles. The Bertz CT molecular complexity index is 687. The topological polar surface area (TPSA) is 78.5 Å². The third kappa shape index (κ3) is 3.97. The zero-order valence-corrected chi connectivity index (χ0v) is 14.7. The molecule has 1 aromatic rings. The zero-order valence-electron chi connectivity index (χ0n) is 13.0. The molecule has 0 radical (unpaired) electrons. The Kier molecular flexibility index (Phi) is 5.54. The molecule has 1 amide bonds. The van der Waals surface area contributed by atoms with Crippen LogP contribution in [0.4, 0.5) is 5.69 Å². The van der Waals surface area contributed by atoms with E-state index in [9.17, 15) is 13.2 Å². The minimum atomic E-state index is -3.25. The first-order valence-corrected chi connectivity index (χ1v) is 9.42. The highest BCUT2D eigenvalue weighted by atomic mass is 35.5. The quantitative estimate of drug-likeness (QED) is 0.841. The molecule has 0 saturated carbocycles. The number of piperidine rings is 1. The highest BCUT2D eigenvalue weighted by molar-refractivity contribution is 7.92. The molecule has 0 aliphatic carbocycles. The van der Waals surface area contributed by atoms with Crippen LogP contribution in [0.5, 0.6) is 0 Å². The summed E-state index contributed by atoms with van der Waals surface area (Å²) in [5.74, 6) is -0.0886. The van der Waals surface area contributed by atoms with Crippen molar-refractivity contribution in [3.63, 3.8) is 0 Å². The van der Waals surface area contributed by atoms with Crippen molar-refractivity contribution >= 4 is 34.0 Å². The maximum absolute atomic E-state index is 12.3. The number of amides is 1. The van der Waals surface area contributed by atoms with E-state index in [1.807, 2.05) is 6.07 Å². The van der Waals surface area contributed by atoms with E-state index in [4.69, 9.17) is 0 Å². The molecule has 23 heavy (non-hydrogen) atoms. The van der Waals surface area contributed by atoms with Gasteiger partial charge in [0.1, 0.15) is 0 Å². The molecule has 0 bridgehead atoms. The van der Waals surface area contributed by atoms with Crippen LogP contribution in [0, 0.1) is 0 Å². The van der Waals surface area contributed by atoms with Crippen molar-refractivity contribution in [2.75, 3.05) is 30.2 Å². The summed E-state index contributed by atoms with van der Waals surface area (Å²) < 4.78 is 24.8. The van der Waals surface area contributed by atoms with Crippen molar-refractivity contribution in [3.8, 4) is 0 Å². The van der Waals surface area contributed by atoms with Crippen LogP contribution in [-0.2, 0) is 16.4 Å². The maximum atomic E-state index is 12.3. The van der Waals surface area contributed by atoms with Crippen LogP contribution in [0.3, 0.4) is 0 Å². The third-order valence-electron chi connectivity index (χ3n) is 4.23. The first-order chi connectivity index (χ1) is 10.4. The lowest BCUT2D eigenvalue weighted by Gasteiger charge is -2.24. The molecule has 3 rings (SSSR count). The van der Waals surface area contributed by atoms with Crippen LogP contribution in [0.25, 0.3) is 0 Å². The minimum Gasteiger partial charge on any atom is -0.348 e. The SMILES string of the molecule is CS(=O)(=O)N1CCc2cc(C(=O)N[C@H]3CCCNC3)ccc21.Cl. The first kappa shape index (κ1) is 18.0. The summed E-state index contributed by atoms with van der Waals surface area (Å²) in [6, 6.07) is 5.42. The predicted octanol–water partition coefficient (Wildman–Crippen LogP) is 0.912. The zero-order chi connectivity index (χ0) is 15.7. The van der Waals surface area contributed by atoms with Gasteiger partial charge in [-0.15, -0.1) is 12.4 Å². The summed E-state index contributed by atoms with van der Waals surface area (Å²) in [7, 11) is -3.25. The predicted molar refractivity (Wildman–Crippen MR) is 92.9 cm³/mol. The second kappa shape index (κ2) is 7.07. The van der Waals surface area contributed by atoms with Crippen molar-refractivity contribution in [2.45, 2.75) is 25.3 Å². The Morgan fingerprint density at radius 3 is 2.83 bits per heavy atom. The average Bonchev–Trinajstić information content (AvgIpc) is 2.91. The average molecular weight is 360 g/mol. The normalized spacial score (nSPS) is 20.6. The molecule has 2 N–H and O–H groups in total. The smallest absolute Gasteiger partial charge is 0.251 e. The van der Waals surface area contributed by atoms with E-state index < -0.39 is 10.0 Å². The number of fused-ring (bicyclic) bond motifs is 1. The molecular formula is C15H22ClN3O3S. The standard InChI is InChI=1S/C15H21N3O3S.ClH/c1-22(20,21)18-8-6-11-9-12(4-5-14(11)18)15(19)17-13-3-2-7-16-10-13;/h4-5,9,13,16H,2-3,6-8,10H2,1H3,(H,17,19);1H/t13-;/m0./s1. The number of halogens is 1. The number of hydrogen-bond donors (Lipinski definition) is 2. The van der Waals surface area contributed by atoms with Gasteiger partial charge < -0.3 is 10.6 Å². The van der Waals surface area contributed by atoms with E-state index in [0.29, 0.717) is 24.2 Å². The Hall–Kier alpha value is -1.31. The summed E-state index contributed by atoms with van der Waals surface area (Å²) in [5.41, 5.74) is 2.21. The Balaban J connectivity index is 0.00000192. The molecule has 1 atom stereocenters. The molecule has 8 heteroatoms. The van der Waals surface area contributed by atoms with Crippen LogP contribution in [0.2, 0.25) is 0 Å². The summed E-state index contributed by atoms with van der Waals surface area (Å²) in [4.78, 5) is 12.3. The van der Waals surface area contributed by atoms with Gasteiger partial charge in [-0.05, 0) is 49.6 Å². The van der Waals surface area contributed by atoms with Gasteiger partial charge in [0.25, 0.3) is 5.91 Å². The monoisotopic (exact) mass is 359 g/mol. The molecule has 1 fully saturated rings. The number of nitrogens with one attached hydrogen (secondary N) is 2. The lowest BCUT2D eigenvalue weighted by Crippen LogP contribution is -2.45. The second-order valence-electron chi connectivity index (χ2n) is 5.95. The number of sulfonamides is 1. The third-order valence-corrected chi connectivity index (χ3v) is 5.41. The van der Waals surface area contributed by atoms with Crippen molar-refractivity contribution in [3.05, 3.63) is 29.3 Å². The largest absolute Gasteiger partial charge is 0.348 e. The summed E-state index contributed by atoms with van der Waals surface area (Å²) >= 11 is 0. The van der Waals surface area contributed by atoms with E-state index >= 15 is 0 Å². The molecule has 0 aromatic heterocycles. The van der Waals surface area contributed by atoms with Gasteiger partial charge in [-0.2, -0.15) is 0 Å². The lowest BCUT2D eigenvalue weighted by atomic mass is 10.1. The fourth-order valence-corrected chi connectivity index (χ4v) is 4.06. The number of carbonyl (C=O) groups is 1. The first-order valence-electron chi connectivity index (χ1n) is 7.57.